The van der Waals surface area contributed by atoms with Crippen molar-refractivity contribution in [3.63, 3.8) is 0 Å². The molecule has 1 heterocycles. The molecule has 2 rings (SSSR count). The van der Waals surface area contributed by atoms with Crippen LogP contribution in [0.5, 0.6) is 5.75 Å². The summed E-state index contributed by atoms with van der Waals surface area (Å²) in [5.74, 6) is 0.281. The van der Waals surface area contributed by atoms with Crippen LogP contribution in [0.2, 0.25) is 0 Å². The Bertz CT molecular complexity index is 405. The normalized spacial score (nSPS) is 21.9. The highest BCUT2D eigenvalue weighted by Crippen LogP contribution is 2.32. The summed E-state index contributed by atoms with van der Waals surface area (Å²) >= 11 is 0. The standard InChI is InChI=1S/C13H16F3NO/c1-17-8-3-2-7-12(17)18-11-6-4-5-10(9-11)13(14,15)16/h4-6,9,12H,2-3,7-8H2,1H3/t12-/m0/s1. The third-order valence-corrected chi connectivity index (χ3v) is 3.14. The van der Waals surface area contributed by atoms with Crippen LogP contribution in [-0.2, 0) is 6.18 Å². The number of likely N-dealkylation sites (tertiary alicyclic amines) is 1. The molecular weight excluding hydrogens is 243 g/mol. The third kappa shape index (κ3) is 3.16. The van der Waals surface area contributed by atoms with Gasteiger partial charge in [-0.3, -0.25) is 4.90 Å². The molecule has 0 spiro atoms. The van der Waals surface area contributed by atoms with Crippen molar-refractivity contribution in [2.24, 2.45) is 0 Å². The Morgan fingerprint density at radius 1 is 1.28 bits per heavy atom. The molecule has 1 aromatic rings. The van der Waals surface area contributed by atoms with Gasteiger partial charge in [0.05, 0.1) is 5.56 Å². The first kappa shape index (κ1) is 13.2. The molecule has 0 unspecified atom stereocenters. The average molecular weight is 259 g/mol. The maximum atomic E-state index is 12.6. The van der Waals surface area contributed by atoms with Crippen molar-refractivity contribution in [2.45, 2.75) is 31.7 Å². The van der Waals surface area contributed by atoms with Gasteiger partial charge in [0.25, 0.3) is 0 Å². The second-order valence-electron chi connectivity index (χ2n) is 4.57. The van der Waals surface area contributed by atoms with Crippen molar-refractivity contribution in [3.05, 3.63) is 29.8 Å². The molecule has 0 saturated carbocycles. The average Bonchev–Trinajstić information content (AvgIpc) is 2.31. The SMILES string of the molecule is CN1CCCC[C@@H]1Oc1cccc(C(F)(F)F)c1. The van der Waals surface area contributed by atoms with Crippen LogP contribution < -0.4 is 4.74 Å². The monoisotopic (exact) mass is 259 g/mol. The zero-order valence-corrected chi connectivity index (χ0v) is 10.2. The molecule has 1 saturated heterocycles. The van der Waals surface area contributed by atoms with Crippen molar-refractivity contribution >= 4 is 0 Å². The minimum atomic E-state index is -4.32. The third-order valence-electron chi connectivity index (χ3n) is 3.14. The van der Waals surface area contributed by atoms with Crippen LogP contribution in [-0.4, -0.2) is 24.7 Å². The van der Waals surface area contributed by atoms with Crippen molar-refractivity contribution in [1.82, 2.24) is 4.90 Å². The Morgan fingerprint density at radius 2 is 2.06 bits per heavy atom. The van der Waals surface area contributed by atoms with Gasteiger partial charge in [-0.05, 0) is 44.5 Å². The first-order chi connectivity index (χ1) is 8.47. The van der Waals surface area contributed by atoms with Crippen LogP contribution in [0.15, 0.2) is 24.3 Å². The van der Waals surface area contributed by atoms with E-state index in [1.54, 1.807) is 6.07 Å². The van der Waals surface area contributed by atoms with Crippen LogP contribution in [0.25, 0.3) is 0 Å². The van der Waals surface area contributed by atoms with Gasteiger partial charge < -0.3 is 4.74 Å². The van der Waals surface area contributed by atoms with E-state index in [1.807, 2.05) is 11.9 Å². The number of benzene rings is 1. The summed E-state index contributed by atoms with van der Waals surface area (Å²) in [6, 6.07) is 5.05. The number of piperidine rings is 1. The van der Waals surface area contributed by atoms with Crippen molar-refractivity contribution in [1.29, 1.82) is 0 Å². The Labute approximate surface area is 104 Å². The summed E-state index contributed by atoms with van der Waals surface area (Å²) in [7, 11) is 1.93. The van der Waals surface area contributed by atoms with E-state index in [0.29, 0.717) is 0 Å². The molecule has 0 aliphatic carbocycles. The van der Waals surface area contributed by atoms with Crippen molar-refractivity contribution < 1.29 is 17.9 Å². The summed E-state index contributed by atoms with van der Waals surface area (Å²) in [4.78, 5) is 2.03. The number of hydrogen-bond acceptors (Lipinski definition) is 2. The maximum absolute atomic E-state index is 12.6. The number of nitrogens with zero attached hydrogens (tertiary/aromatic N) is 1. The number of ether oxygens (including phenoxy) is 1. The summed E-state index contributed by atoms with van der Waals surface area (Å²) < 4.78 is 43.3. The number of halogens is 3. The molecule has 0 aromatic heterocycles. The molecule has 2 nitrogen and oxygen atoms in total. The summed E-state index contributed by atoms with van der Waals surface area (Å²) in [6.45, 7) is 0.920. The minimum Gasteiger partial charge on any atom is -0.475 e. The van der Waals surface area contributed by atoms with Crippen molar-refractivity contribution in [2.75, 3.05) is 13.6 Å². The van der Waals surface area contributed by atoms with E-state index in [9.17, 15) is 13.2 Å². The molecule has 0 N–H and O–H groups in total. The van der Waals surface area contributed by atoms with Gasteiger partial charge >= 0.3 is 6.18 Å². The topological polar surface area (TPSA) is 12.5 Å². The lowest BCUT2D eigenvalue weighted by atomic mass is 10.1. The zero-order valence-electron chi connectivity index (χ0n) is 10.2. The summed E-state index contributed by atoms with van der Waals surface area (Å²) in [6.07, 6.45) is -1.43. The second-order valence-corrected chi connectivity index (χ2v) is 4.57. The fourth-order valence-electron chi connectivity index (χ4n) is 2.10. The van der Waals surface area contributed by atoms with Gasteiger partial charge in [0, 0.05) is 6.54 Å². The van der Waals surface area contributed by atoms with Crippen LogP contribution in [0, 0.1) is 0 Å². The highest BCUT2D eigenvalue weighted by molar-refractivity contribution is 5.30. The molecule has 0 bridgehead atoms. The van der Waals surface area contributed by atoms with Gasteiger partial charge in [-0.1, -0.05) is 6.07 Å². The van der Waals surface area contributed by atoms with E-state index >= 15 is 0 Å². The molecule has 1 fully saturated rings. The Balaban J connectivity index is 2.09. The lowest BCUT2D eigenvalue weighted by molar-refractivity contribution is -0.137. The second kappa shape index (κ2) is 5.18. The lowest BCUT2D eigenvalue weighted by Gasteiger charge is -2.32. The molecule has 1 aliphatic heterocycles. The Morgan fingerprint density at radius 3 is 2.72 bits per heavy atom. The summed E-state index contributed by atoms with van der Waals surface area (Å²) in [5, 5.41) is 0. The fraction of sp³-hybridized carbons (Fsp3) is 0.538. The van der Waals surface area contributed by atoms with Gasteiger partial charge in [-0.15, -0.1) is 0 Å². The highest BCUT2D eigenvalue weighted by Gasteiger charge is 2.31. The van der Waals surface area contributed by atoms with Crippen molar-refractivity contribution in [3.8, 4) is 5.75 Å². The number of alkyl halides is 3. The molecule has 5 heteroatoms. The molecule has 100 valence electrons. The van der Waals surface area contributed by atoms with Gasteiger partial charge in [-0.25, -0.2) is 0 Å². The number of hydrogen-bond donors (Lipinski definition) is 0. The Kier molecular flexibility index (Phi) is 3.80. The van der Waals surface area contributed by atoms with E-state index in [2.05, 4.69) is 0 Å². The van der Waals surface area contributed by atoms with E-state index in [4.69, 9.17) is 4.74 Å². The summed E-state index contributed by atoms with van der Waals surface area (Å²) in [5.41, 5.74) is -0.668. The van der Waals surface area contributed by atoms with Gasteiger partial charge in [0.15, 0.2) is 6.23 Å². The molecule has 1 aromatic carbocycles. The highest BCUT2D eigenvalue weighted by atomic mass is 19.4. The first-order valence-electron chi connectivity index (χ1n) is 6.01. The molecule has 1 atom stereocenters. The van der Waals surface area contributed by atoms with Crippen LogP contribution in [0.3, 0.4) is 0 Å². The molecule has 0 radical (unpaired) electrons. The number of rotatable bonds is 2. The molecule has 0 amide bonds. The van der Waals surface area contributed by atoms with Gasteiger partial charge in [0.2, 0.25) is 0 Å². The Hall–Kier alpha value is -1.23. The van der Waals surface area contributed by atoms with Crippen LogP contribution >= 0.6 is 0 Å². The minimum absolute atomic E-state index is 0.123. The largest absolute Gasteiger partial charge is 0.475 e. The van der Waals surface area contributed by atoms with E-state index in [0.717, 1.165) is 37.9 Å². The predicted molar refractivity (Wildman–Crippen MR) is 62.3 cm³/mol. The predicted octanol–water partition coefficient (Wildman–Crippen LogP) is 3.53. The van der Waals surface area contributed by atoms with E-state index in [1.165, 1.54) is 6.07 Å². The molecule has 1 aliphatic rings. The van der Waals surface area contributed by atoms with Gasteiger partial charge in [-0.2, -0.15) is 13.2 Å². The quantitative estimate of drug-likeness (QED) is 0.805. The lowest BCUT2D eigenvalue weighted by Crippen LogP contribution is -2.40. The fourth-order valence-corrected chi connectivity index (χ4v) is 2.10. The maximum Gasteiger partial charge on any atom is 0.416 e. The van der Waals surface area contributed by atoms with E-state index in [-0.39, 0.29) is 12.0 Å². The van der Waals surface area contributed by atoms with Crippen LogP contribution in [0.1, 0.15) is 24.8 Å². The van der Waals surface area contributed by atoms with E-state index < -0.39 is 11.7 Å². The van der Waals surface area contributed by atoms with Gasteiger partial charge in [0.1, 0.15) is 5.75 Å². The smallest absolute Gasteiger partial charge is 0.416 e. The zero-order chi connectivity index (χ0) is 13.2. The molecule has 18 heavy (non-hydrogen) atoms. The van der Waals surface area contributed by atoms with Crippen LogP contribution in [0.4, 0.5) is 13.2 Å². The first-order valence-corrected chi connectivity index (χ1v) is 6.01. The molecular formula is C13H16F3NO.